The molecule has 0 radical (unpaired) electrons. The van der Waals surface area contributed by atoms with Gasteiger partial charge in [-0.05, 0) is 37.9 Å². The zero-order valence-electron chi connectivity index (χ0n) is 16.3. The fourth-order valence-electron chi connectivity index (χ4n) is 1.15. The smallest absolute Gasteiger partial charge is 0.231 e. The van der Waals surface area contributed by atoms with Crippen LogP contribution in [-0.4, -0.2) is 19.8 Å². The number of likely N-dealkylation sites (N-methyl/N-ethyl adjacent to an activating group) is 1. The Morgan fingerprint density at radius 2 is 2.57 bits per heavy atom. The van der Waals surface area contributed by atoms with Crippen LogP contribution in [0.25, 0.3) is 0 Å². The Balaban J connectivity index is 2.52. The molecule has 1 atom stereocenters. The van der Waals surface area contributed by atoms with E-state index in [4.69, 9.17) is 21.8 Å². The molecule has 1 aromatic rings. The highest BCUT2D eigenvalue weighted by atomic mass is 16.7. The van der Waals surface area contributed by atoms with Gasteiger partial charge in [0.15, 0.2) is 11.5 Å². The first-order valence-corrected chi connectivity index (χ1v) is 3.97. The normalized spacial score (nSPS) is 30.1. The summed E-state index contributed by atoms with van der Waals surface area (Å²) in [6.07, 6.45) is -2.85. The molecule has 0 spiro atoms. The van der Waals surface area contributed by atoms with Crippen molar-refractivity contribution in [2.24, 2.45) is 0 Å². The Morgan fingerprint density at radius 3 is 3.43 bits per heavy atom. The average molecular weight is 202 g/mol. The zero-order valence-corrected chi connectivity index (χ0v) is 7.26. The zero-order chi connectivity index (χ0) is 17.7. The lowest BCUT2D eigenvalue weighted by atomic mass is 10.1. The van der Waals surface area contributed by atoms with Crippen LogP contribution in [0.1, 0.15) is 24.8 Å². The molecule has 1 aromatic carbocycles. The molecule has 0 amide bonds. The van der Waals surface area contributed by atoms with E-state index in [9.17, 15) is 0 Å². The number of fused-ring (bicyclic) bond motifs is 1. The van der Waals surface area contributed by atoms with E-state index in [-0.39, 0.29) is 18.1 Å². The van der Waals surface area contributed by atoms with Crippen molar-refractivity contribution >= 4 is 0 Å². The minimum absolute atomic E-state index is 0.0550. The second-order valence-corrected chi connectivity index (χ2v) is 2.69. The van der Waals surface area contributed by atoms with Crippen LogP contribution in [0.5, 0.6) is 11.5 Å². The average Bonchev–Trinajstić information content (AvgIpc) is 2.82. The van der Waals surface area contributed by atoms with Crippen molar-refractivity contribution in [3.05, 3.63) is 23.8 Å². The van der Waals surface area contributed by atoms with Crippen molar-refractivity contribution in [3.63, 3.8) is 0 Å². The van der Waals surface area contributed by atoms with Gasteiger partial charge in [0.25, 0.3) is 0 Å². The first-order chi connectivity index (χ1) is 10.3. The summed E-state index contributed by atoms with van der Waals surface area (Å²) in [6, 6.07) is 0.728. The molecule has 1 aliphatic heterocycles. The molecule has 0 aliphatic carbocycles. The van der Waals surface area contributed by atoms with Gasteiger partial charge in [0.2, 0.25) is 6.79 Å². The van der Waals surface area contributed by atoms with E-state index in [0.29, 0.717) is 5.75 Å². The number of benzene rings is 1. The lowest BCUT2D eigenvalue weighted by Crippen LogP contribution is -2.23. The summed E-state index contributed by atoms with van der Waals surface area (Å²) >= 11 is 0. The van der Waals surface area contributed by atoms with E-state index in [0.717, 1.165) is 0 Å². The van der Waals surface area contributed by atoms with Gasteiger partial charge < -0.3 is 14.8 Å². The molecule has 1 aliphatic rings. The molecule has 0 bridgehead atoms. The molecule has 0 saturated carbocycles. The van der Waals surface area contributed by atoms with Crippen LogP contribution < -0.4 is 14.8 Å². The van der Waals surface area contributed by atoms with Crippen molar-refractivity contribution in [2.75, 3.05) is 13.8 Å². The van der Waals surface area contributed by atoms with E-state index in [1.54, 1.807) is 5.32 Å². The summed E-state index contributed by atoms with van der Waals surface area (Å²) in [6.45, 7) is -6.32. The SMILES string of the molecule is [2H]C([2H])([2H])NC([2H])(C([2H])([2H])[2H])C([2H])([2H])c1ccc2c(c1)OCO2. The minimum Gasteiger partial charge on any atom is -0.454 e. The number of nitrogens with one attached hydrogen (secondary N) is 1. The van der Waals surface area contributed by atoms with Crippen LogP contribution in [0, 0.1) is 0 Å². The number of ether oxygens (including phenoxy) is 2. The second-order valence-electron chi connectivity index (χ2n) is 2.69. The molecule has 14 heavy (non-hydrogen) atoms. The van der Waals surface area contributed by atoms with Crippen LogP contribution in [0.4, 0.5) is 0 Å². The van der Waals surface area contributed by atoms with Gasteiger partial charge in [-0.25, -0.2) is 0 Å². The van der Waals surface area contributed by atoms with Crippen molar-refractivity contribution in [1.29, 1.82) is 0 Å². The Morgan fingerprint density at radius 1 is 1.64 bits per heavy atom. The third-order valence-electron chi connectivity index (χ3n) is 1.77. The van der Waals surface area contributed by atoms with Gasteiger partial charge in [-0.2, -0.15) is 0 Å². The fraction of sp³-hybridized carbons (Fsp3) is 0.455. The summed E-state index contributed by atoms with van der Waals surface area (Å²) in [5.41, 5.74) is -0.204. The summed E-state index contributed by atoms with van der Waals surface area (Å²) in [5.74, 6) is 0.561. The Hall–Kier alpha value is -1.22. The molecule has 2 rings (SSSR count). The van der Waals surface area contributed by atoms with Crippen molar-refractivity contribution in [3.8, 4) is 11.5 Å². The molecule has 3 nitrogen and oxygen atoms in total. The number of rotatable bonds is 3. The second kappa shape index (κ2) is 3.88. The highest BCUT2D eigenvalue weighted by molar-refractivity contribution is 5.44. The topological polar surface area (TPSA) is 30.5 Å². The fourth-order valence-corrected chi connectivity index (χ4v) is 1.15. The third-order valence-corrected chi connectivity index (χ3v) is 1.77. The van der Waals surface area contributed by atoms with Crippen LogP contribution in [-0.2, 0) is 6.37 Å². The number of hydrogen-bond acceptors (Lipinski definition) is 3. The van der Waals surface area contributed by atoms with Gasteiger partial charge in [-0.1, -0.05) is 6.07 Å². The maximum Gasteiger partial charge on any atom is 0.231 e. The van der Waals surface area contributed by atoms with Gasteiger partial charge in [0.05, 0.1) is 0 Å². The largest absolute Gasteiger partial charge is 0.454 e. The molecule has 3 heteroatoms. The Kier molecular flexibility index (Phi) is 0.947. The summed E-state index contributed by atoms with van der Waals surface area (Å²) in [4.78, 5) is 0. The molecule has 1 unspecified atom stereocenters. The quantitative estimate of drug-likeness (QED) is 0.807. The van der Waals surface area contributed by atoms with Gasteiger partial charge in [0.1, 0.15) is 0 Å². The molecule has 1 N–H and O–H groups in total. The highest BCUT2D eigenvalue weighted by Crippen LogP contribution is 2.32. The van der Waals surface area contributed by atoms with Crippen molar-refractivity contribution in [2.45, 2.75) is 19.2 Å². The van der Waals surface area contributed by atoms with Crippen LogP contribution in [0.2, 0.25) is 0 Å². The van der Waals surface area contributed by atoms with E-state index >= 15 is 0 Å². The standard InChI is InChI=1S/C11H15NO2/c1-8(12-2)5-9-3-4-10-11(6-9)14-7-13-10/h3-4,6,8,12H,5,7H2,1-2H3/i1D3,2D3,5D2,8D. The first-order valence-electron chi connectivity index (χ1n) is 8.47. The number of hydrogen-bond donors (Lipinski definition) is 1. The highest BCUT2D eigenvalue weighted by Gasteiger charge is 2.13. The minimum atomic E-state index is -3.25. The maximum atomic E-state index is 8.13. The van der Waals surface area contributed by atoms with Gasteiger partial charge in [0, 0.05) is 18.4 Å². The Labute approximate surface area is 96.7 Å². The molecular formula is C11H15NO2. The van der Waals surface area contributed by atoms with Gasteiger partial charge in [-0.15, -0.1) is 0 Å². The molecule has 76 valence electrons. The first kappa shape index (κ1) is 3.42. The van der Waals surface area contributed by atoms with Crippen molar-refractivity contribution in [1.82, 2.24) is 5.32 Å². The monoisotopic (exact) mass is 202 g/mol. The summed E-state index contributed by atoms with van der Waals surface area (Å²) < 4.78 is 78.4. The molecular weight excluding hydrogens is 178 g/mol. The molecule has 0 fully saturated rings. The predicted molar refractivity (Wildman–Crippen MR) is 54.8 cm³/mol. The van der Waals surface area contributed by atoms with E-state index in [2.05, 4.69) is 0 Å². The molecule has 0 saturated heterocycles. The van der Waals surface area contributed by atoms with E-state index in [1.807, 2.05) is 0 Å². The lowest BCUT2D eigenvalue weighted by Gasteiger charge is -2.09. The summed E-state index contributed by atoms with van der Waals surface area (Å²) in [7, 11) is 0. The van der Waals surface area contributed by atoms with Crippen LogP contribution in [0.3, 0.4) is 0 Å². The van der Waals surface area contributed by atoms with E-state index < -0.39 is 26.2 Å². The molecule has 0 aromatic heterocycles. The lowest BCUT2D eigenvalue weighted by molar-refractivity contribution is 0.174. The van der Waals surface area contributed by atoms with E-state index in [1.165, 1.54) is 18.2 Å². The third kappa shape index (κ3) is 1.82. The predicted octanol–water partition coefficient (Wildman–Crippen LogP) is 1.57. The van der Waals surface area contributed by atoms with Crippen LogP contribution in [0.15, 0.2) is 18.2 Å². The van der Waals surface area contributed by atoms with Gasteiger partial charge in [-0.3, -0.25) is 0 Å². The summed E-state index contributed by atoms with van der Waals surface area (Å²) in [5, 5.41) is 1.64. The van der Waals surface area contributed by atoms with Gasteiger partial charge >= 0.3 is 0 Å². The van der Waals surface area contributed by atoms with Crippen molar-refractivity contribution < 1.29 is 21.8 Å². The maximum absolute atomic E-state index is 8.13. The Bertz CT molecular complexity index is 598. The molecule has 1 heterocycles. The van der Waals surface area contributed by atoms with Crippen LogP contribution >= 0.6 is 0 Å².